The lowest BCUT2D eigenvalue weighted by atomic mass is 9.87. The lowest BCUT2D eigenvalue weighted by Gasteiger charge is -2.18. The molecule has 5 rings (SSSR count). The highest BCUT2D eigenvalue weighted by molar-refractivity contribution is 7.99. The van der Waals surface area contributed by atoms with E-state index < -0.39 is 5.91 Å². The van der Waals surface area contributed by atoms with Crippen molar-refractivity contribution in [3.63, 3.8) is 0 Å². The van der Waals surface area contributed by atoms with Crippen molar-refractivity contribution >= 4 is 34.8 Å². The normalized spacial score (nSPS) is 17.8. The Morgan fingerprint density at radius 3 is 2.69 bits per heavy atom. The highest BCUT2D eigenvalue weighted by Gasteiger charge is 2.31. The van der Waals surface area contributed by atoms with E-state index in [-0.39, 0.29) is 18.0 Å². The first-order chi connectivity index (χ1) is 15.5. The minimum absolute atomic E-state index is 0.0692. The second-order valence-electron chi connectivity index (χ2n) is 8.80. The lowest BCUT2D eigenvalue weighted by Crippen LogP contribution is -2.18. The second-order valence-corrected chi connectivity index (χ2v) is 10.9. The second kappa shape index (κ2) is 8.83. The highest BCUT2D eigenvalue weighted by Crippen LogP contribution is 2.41. The largest absolute Gasteiger partial charge is 0.366 e. The maximum absolute atomic E-state index is 12.9. The van der Waals surface area contributed by atoms with Gasteiger partial charge >= 0.3 is 0 Å². The minimum Gasteiger partial charge on any atom is -0.366 e. The number of nitrogens with zero attached hydrogens (tertiary/aromatic N) is 3. The van der Waals surface area contributed by atoms with Crippen LogP contribution in [0.4, 0.5) is 0 Å². The number of thioether (sulfide) groups is 1. The number of aromatic nitrogens is 3. The molecule has 1 fully saturated rings. The van der Waals surface area contributed by atoms with Gasteiger partial charge in [0.25, 0.3) is 0 Å². The predicted molar refractivity (Wildman–Crippen MR) is 127 cm³/mol. The van der Waals surface area contributed by atoms with Crippen molar-refractivity contribution in [2.75, 3.05) is 5.75 Å². The van der Waals surface area contributed by atoms with Crippen LogP contribution in [0.15, 0.2) is 35.5 Å². The molecule has 1 atom stereocenters. The zero-order valence-electron chi connectivity index (χ0n) is 18.0. The quantitative estimate of drug-likeness (QED) is 0.499. The van der Waals surface area contributed by atoms with Crippen LogP contribution in [0.1, 0.15) is 63.6 Å². The summed E-state index contributed by atoms with van der Waals surface area (Å²) in [5.41, 5.74) is 8.40. The Morgan fingerprint density at radius 1 is 1.19 bits per heavy atom. The van der Waals surface area contributed by atoms with Crippen molar-refractivity contribution in [3.8, 4) is 5.69 Å². The van der Waals surface area contributed by atoms with E-state index in [0.29, 0.717) is 17.4 Å². The summed E-state index contributed by atoms with van der Waals surface area (Å²) in [5.74, 6) is 1.97. The average molecular weight is 467 g/mol. The summed E-state index contributed by atoms with van der Waals surface area (Å²) < 4.78 is 2.08. The molecular weight excluding hydrogens is 440 g/mol. The van der Waals surface area contributed by atoms with Gasteiger partial charge in [0.05, 0.1) is 11.3 Å². The topological polar surface area (TPSA) is 90.9 Å². The van der Waals surface area contributed by atoms with E-state index in [1.54, 1.807) is 11.3 Å². The monoisotopic (exact) mass is 466 g/mol. The molecule has 3 aromatic rings. The molecule has 1 unspecified atom stereocenters. The Labute approximate surface area is 195 Å². The van der Waals surface area contributed by atoms with E-state index in [9.17, 15) is 9.59 Å². The van der Waals surface area contributed by atoms with Crippen molar-refractivity contribution < 1.29 is 9.59 Å². The van der Waals surface area contributed by atoms with Gasteiger partial charge in [-0.3, -0.25) is 14.2 Å². The van der Waals surface area contributed by atoms with Crippen LogP contribution in [0.3, 0.4) is 0 Å². The summed E-state index contributed by atoms with van der Waals surface area (Å²) in [6.45, 7) is 2.23. The van der Waals surface area contributed by atoms with Gasteiger partial charge in [0, 0.05) is 27.8 Å². The molecule has 2 aliphatic carbocycles. The Hall–Kier alpha value is -2.45. The molecule has 32 heavy (non-hydrogen) atoms. The predicted octanol–water partition coefficient (Wildman–Crippen LogP) is 4.33. The smallest absolute Gasteiger partial charge is 0.250 e. The molecule has 1 saturated carbocycles. The number of hydrogen-bond acceptors (Lipinski definition) is 6. The van der Waals surface area contributed by atoms with Crippen LogP contribution in [-0.2, 0) is 24.1 Å². The summed E-state index contributed by atoms with van der Waals surface area (Å²) in [6.07, 6.45) is 5.40. The summed E-state index contributed by atoms with van der Waals surface area (Å²) in [4.78, 5) is 27.1. The van der Waals surface area contributed by atoms with Crippen LogP contribution in [0.2, 0.25) is 0 Å². The van der Waals surface area contributed by atoms with Gasteiger partial charge in [0.1, 0.15) is 11.6 Å². The van der Waals surface area contributed by atoms with Gasteiger partial charge in [-0.05, 0) is 55.7 Å². The number of amides is 1. The number of Topliss-reactive ketones (excluding diaryl/α,β-unsaturated/α-hetero) is 1. The van der Waals surface area contributed by atoms with Crippen LogP contribution in [0, 0.1) is 5.92 Å². The number of primary amides is 1. The van der Waals surface area contributed by atoms with E-state index in [0.717, 1.165) is 59.2 Å². The standard InChI is InChI=1S/C24H26N4O2S2/c1-14-7-10-18-19(11-14)32-20(21(18)22(25)30)12-17(29)13-31-24-27-26-23(15-8-9-15)28(24)16-5-3-2-4-6-16/h2-6,14-15H,7-13H2,1H3,(H2,25,30). The van der Waals surface area contributed by atoms with Gasteiger partial charge < -0.3 is 5.73 Å². The third-order valence-electron chi connectivity index (χ3n) is 6.17. The molecule has 2 heterocycles. The van der Waals surface area contributed by atoms with E-state index in [4.69, 9.17) is 5.73 Å². The molecule has 2 N–H and O–H groups in total. The van der Waals surface area contributed by atoms with Crippen molar-refractivity contribution in [2.45, 2.75) is 56.5 Å². The first-order valence-electron chi connectivity index (χ1n) is 11.1. The van der Waals surface area contributed by atoms with E-state index in [1.807, 2.05) is 30.3 Å². The number of para-hydroxylation sites is 1. The van der Waals surface area contributed by atoms with Crippen molar-refractivity contribution in [1.82, 2.24) is 14.8 Å². The molecule has 2 aromatic heterocycles. The van der Waals surface area contributed by atoms with Crippen LogP contribution in [0.5, 0.6) is 0 Å². The molecule has 2 aliphatic rings. The van der Waals surface area contributed by atoms with Gasteiger partial charge in [-0.25, -0.2) is 0 Å². The number of ketones is 1. The molecule has 0 aliphatic heterocycles. The lowest BCUT2D eigenvalue weighted by molar-refractivity contribution is -0.115. The summed E-state index contributed by atoms with van der Waals surface area (Å²) in [7, 11) is 0. The molecular formula is C24H26N4O2S2. The van der Waals surface area contributed by atoms with Crippen molar-refractivity contribution in [3.05, 3.63) is 57.0 Å². The van der Waals surface area contributed by atoms with Crippen LogP contribution >= 0.6 is 23.1 Å². The Balaban J connectivity index is 1.33. The fourth-order valence-corrected chi connectivity index (χ4v) is 6.76. The zero-order chi connectivity index (χ0) is 22.2. The van der Waals surface area contributed by atoms with Gasteiger partial charge in [0.15, 0.2) is 5.16 Å². The van der Waals surface area contributed by atoms with Crippen molar-refractivity contribution in [2.24, 2.45) is 11.7 Å². The fraction of sp³-hybridized carbons (Fsp3) is 0.417. The number of nitrogens with two attached hydrogens (primary N) is 1. The number of carbonyl (C=O) groups excluding carboxylic acids is 2. The third kappa shape index (κ3) is 4.26. The Kier molecular flexibility index (Phi) is 5.90. The number of hydrogen-bond donors (Lipinski definition) is 1. The van der Waals surface area contributed by atoms with Gasteiger partial charge in [-0.15, -0.1) is 21.5 Å². The van der Waals surface area contributed by atoms with Gasteiger partial charge in [-0.2, -0.15) is 0 Å². The number of rotatable bonds is 8. The summed E-state index contributed by atoms with van der Waals surface area (Å²) in [5, 5.41) is 9.56. The highest BCUT2D eigenvalue weighted by atomic mass is 32.2. The van der Waals surface area contributed by atoms with E-state index >= 15 is 0 Å². The molecule has 1 aromatic carbocycles. The SMILES string of the molecule is CC1CCc2c(sc(CC(=O)CSc3nnc(C4CC4)n3-c3ccccc3)c2C(N)=O)C1. The van der Waals surface area contributed by atoms with Crippen LogP contribution < -0.4 is 5.73 Å². The maximum Gasteiger partial charge on any atom is 0.250 e. The van der Waals surface area contributed by atoms with E-state index in [1.165, 1.54) is 16.6 Å². The molecule has 6 nitrogen and oxygen atoms in total. The molecule has 0 bridgehead atoms. The Morgan fingerprint density at radius 2 is 1.97 bits per heavy atom. The average Bonchev–Trinajstić information content (AvgIpc) is 3.43. The summed E-state index contributed by atoms with van der Waals surface area (Å²) >= 11 is 3.01. The van der Waals surface area contributed by atoms with Gasteiger partial charge in [0.2, 0.25) is 5.91 Å². The Bertz CT molecular complexity index is 1160. The zero-order valence-corrected chi connectivity index (χ0v) is 19.7. The first-order valence-corrected chi connectivity index (χ1v) is 12.9. The van der Waals surface area contributed by atoms with Crippen LogP contribution in [0.25, 0.3) is 5.69 Å². The van der Waals surface area contributed by atoms with Crippen LogP contribution in [-0.4, -0.2) is 32.2 Å². The minimum atomic E-state index is -0.412. The van der Waals surface area contributed by atoms with E-state index in [2.05, 4.69) is 21.7 Å². The number of benzene rings is 1. The molecule has 0 spiro atoms. The molecule has 8 heteroatoms. The molecule has 0 radical (unpaired) electrons. The fourth-order valence-electron chi connectivity index (χ4n) is 4.39. The van der Waals surface area contributed by atoms with Crippen molar-refractivity contribution in [1.29, 1.82) is 0 Å². The van der Waals surface area contributed by atoms with Gasteiger partial charge in [-0.1, -0.05) is 36.9 Å². The summed E-state index contributed by atoms with van der Waals surface area (Å²) in [6, 6.07) is 10.1. The number of thiophene rings is 1. The third-order valence-corrected chi connectivity index (χ3v) is 8.41. The first kappa shape index (κ1) is 21.4. The molecule has 0 saturated heterocycles. The molecule has 1 amide bonds. The number of carbonyl (C=O) groups is 2. The maximum atomic E-state index is 12.9. The number of fused-ring (bicyclic) bond motifs is 1. The molecule has 166 valence electrons.